The maximum absolute atomic E-state index is 10.0. The van der Waals surface area contributed by atoms with Crippen molar-refractivity contribution >= 4 is 117 Å². The van der Waals surface area contributed by atoms with Crippen molar-refractivity contribution in [1.29, 1.82) is 0 Å². The number of hydrogen-bond acceptors (Lipinski definition) is 2. The van der Waals surface area contributed by atoms with Crippen LogP contribution in [0.2, 0.25) is 0 Å². The van der Waals surface area contributed by atoms with Crippen molar-refractivity contribution < 1.29 is 32.9 Å². The van der Waals surface area contributed by atoms with Crippen LogP contribution >= 0.6 is 11.8 Å². The van der Waals surface area contributed by atoms with Gasteiger partial charge in [0.15, 0.2) is 0 Å². The van der Waals surface area contributed by atoms with E-state index in [1.807, 2.05) is 146 Å². The van der Waals surface area contributed by atoms with Gasteiger partial charge in [0.2, 0.25) is 6.71 Å². The molecule has 6 heteroatoms. The highest BCUT2D eigenvalue weighted by Gasteiger charge is 2.54. The number of hydrogen-bond donors (Lipinski definition) is 0. The minimum Gasteiger partial charge on any atom is -0.310 e. The fraction of sp³-hybridized carbons (Fsp3) is 0.0110. The second-order valence-electron chi connectivity index (χ2n) is 24.7. The van der Waals surface area contributed by atoms with Gasteiger partial charge in [-0.05, 0) is 134 Å². The van der Waals surface area contributed by atoms with Gasteiger partial charge in [0.1, 0.15) is 0 Å². The predicted molar refractivity (Wildman–Crippen MR) is 407 cm³/mol. The molecule has 2 aliphatic heterocycles. The van der Waals surface area contributed by atoms with Gasteiger partial charge in [-0.2, -0.15) is 0 Å². The molecule has 2 aliphatic carbocycles. The highest BCUT2D eigenvalue weighted by atomic mass is 32.2. The third-order valence-corrected chi connectivity index (χ3v) is 21.4. The quantitative estimate of drug-likeness (QED) is 0.154. The zero-order valence-corrected chi connectivity index (χ0v) is 51.5. The van der Waals surface area contributed by atoms with E-state index in [1.165, 1.54) is 25.5 Å². The van der Waals surface area contributed by atoms with Gasteiger partial charge in [0.05, 0.1) is 77.1 Å². The summed E-state index contributed by atoms with van der Waals surface area (Å²) in [5, 5.41) is -0.885. The molecule has 0 bridgehead atoms. The Morgan fingerprint density at radius 2 is 0.722 bits per heavy atom. The van der Waals surface area contributed by atoms with Crippen molar-refractivity contribution in [1.82, 2.24) is 13.7 Å². The standard InChI is InChI=1S/C91H55BN4S/c1-3-24-56(25-4-1)61-36-23-37-62(57-26-5-2-6-27-57)89(61)96-84-53-59(94-80-42-19-11-32-67(80)68-33-12-20-43-81(68)94)47-50-76(84)92-77-51-49-75-87(90(77)97-86-55-60(54-85(96)88(86)92)95-82-44-21-13-34-69(82)70-35-14-22-45-83(70)95)71-52-58(93-78-40-17-9-30-65(78)66-31-10-18-41-79(66)93)46-48-74(71)91(75)72-38-15-7-28-63(72)64-29-8-16-39-73(64)91/h1-55H/i9D,10D,11D,12D,13D,14D,17D,18D,19D,20D,21D,22D,30D,31D,32D,33D,34D,35D,40D,41D,42D,43D,44D,45D. The van der Waals surface area contributed by atoms with Crippen LogP contribution in [-0.2, 0) is 5.41 Å². The molecule has 15 aromatic carbocycles. The molecule has 3 aromatic heterocycles. The van der Waals surface area contributed by atoms with Gasteiger partial charge in [-0.25, -0.2) is 0 Å². The summed E-state index contributed by atoms with van der Waals surface area (Å²) in [6, 6.07) is 46.9. The van der Waals surface area contributed by atoms with Crippen molar-refractivity contribution in [3.05, 3.63) is 355 Å². The molecule has 0 radical (unpaired) electrons. The van der Waals surface area contributed by atoms with Gasteiger partial charge < -0.3 is 18.6 Å². The zero-order valence-electron chi connectivity index (χ0n) is 74.7. The lowest BCUT2D eigenvalue weighted by molar-refractivity contribution is 0.792. The van der Waals surface area contributed by atoms with Crippen molar-refractivity contribution in [2.45, 2.75) is 15.2 Å². The summed E-state index contributed by atoms with van der Waals surface area (Å²) < 4.78 is 231. The number of nitrogens with zero attached hydrogens (tertiary/aromatic N) is 4. The van der Waals surface area contributed by atoms with E-state index in [0.717, 1.165) is 50.0 Å². The molecule has 0 saturated carbocycles. The molecular formula is C91H55BN4S. The summed E-state index contributed by atoms with van der Waals surface area (Å²) in [6.07, 6.45) is 0. The first kappa shape index (κ1) is 35.4. The molecule has 18 aromatic rings. The van der Waals surface area contributed by atoms with Crippen molar-refractivity contribution in [2.24, 2.45) is 0 Å². The van der Waals surface area contributed by atoms with Crippen LogP contribution in [0.4, 0.5) is 17.1 Å². The number of para-hydroxylation sites is 7. The summed E-state index contributed by atoms with van der Waals surface area (Å²) in [6.45, 7) is -0.888. The average molecular weight is 1270 g/mol. The molecule has 0 atom stereocenters. The van der Waals surface area contributed by atoms with E-state index in [9.17, 15) is 27.4 Å². The van der Waals surface area contributed by atoms with E-state index in [-0.39, 0.29) is 82.5 Å². The second-order valence-corrected chi connectivity index (χ2v) is 25.8. The normalized spacial score (nSPS) is 17.0. The summed E-state index contributed by atoms with van der Waals surface area (Å²) in [4.78, 5) is 3.29. The monoisotopic (exact) mass is 1270 g/mol. The molecule has 0 saturated heterocycles. The highest BCUT2D eigenvalue weighted by Crippen LogP contribution is 2.65. The molecular weight excluding hydrogens is 1190 g/mol. The molecule has 0 fully saturated rings. The zero-order chi connectivity index (χ0) is 84.1. The average Bonchev–Trinajstić information content (AvgIpc) is 1.50. The first-order valence-electron chi connectivity index (χ1n) is 43.7. The summed E-state index contributed by atoms with van der Waals surface area (Å²) in [5.74, 6) is 0. The minimum atomic E-state index is -1.14. The van der Waals surface area contributed by atoms with Crippen LogP contribution in [-0.4, -0.2) is 20.4 Å². The van der Waals surface area contributed by atoms with Gasteiger partial charge >= 0.3 is 0 Å². The third kappa shape index (κ3) is 7.14. The lowest BCUT2D eigenvalue weighted by atomic mass is 9.34. The fourth-order valence-corrected chi connectivity index (χ4v) is 17.9. The third-order valence-electron chi connectivity index (χ3n) is 20.2. The lowest BCUT2D eigenvalue weighted by Gasteiger charge is -2.42. The van der Waals surface area contributed by atoms with Crippen LogP contribution in [0, 0.1) is 0 Å². The van der Waals surface area contributed by atoms with E-state index in [2.05, 4.69) is 41.3 Å². The Balaban J connectivity index is 0.936. The van der Waals surface area contributed by atoms with Crippen LogP contribution in [0.1, 0.15) is 55.2 Å². The van der Waals surface area contributed by atoms with E-state index in [4.69, 9.17) is 5.48 Å². The number of anilines is 3. The van der Waals surface area contributed by atoms with Crippen LogP contribution < -0.4 is 21.3 Å². The Labute approximate surface area is 598 Å². The van der Waals surface area contributed by atoms with Crippen LogP contribution in [0.15, 0.2) is 343 Å². The highest BCUT2D eigenvalue weighted by molar-refractivity contribution is 8.00. The number of aromatic nitrogens is 3. The van der Waals surface area contributed by atoms with Gasteiger partial charge in [-0.15, -0.1) is 0 Å². The van der Waals surface area contributed by atoms with Gasteiger partial charge in [-0.3, -0.25) is 0 Å². The first-order chi connectivity index (χ1) is 58.1. The Bertz CT molecular complexity index is 7630. The van der Waals surface area contributed by atoms with Gasteiger partial charge in [0.25, 0.3) is 0 Å². The second kappa shape index (κ2) is 20.0. The SMILES string of the molecule is [2H]c1c([2H])c([2H])c2c(c1[2H])c1c([2H])c([2H])c([2H])c([2H])c1n2-c1ccc2c(c1)-c1c(ccc3c1Sc1cc(-n4c5c([2H])c([2H])c([2H])c([2H])c5c5c([2H])c([2H])c([2H])c([2H])c54)cc4c1B3c1ccc(-n3c5c([2H])c([2H])c([2H])c([2H])c5c5c([2H])c([2H])c([2H])c([2H])c53)cc1N4c1c(-c3ccccc3)cccc1-c1ccccc1)C21c2ccccc2-c2ccccc21. The number of benzene rings is 15. The molecule has 0 amide bonds. The van der Waals surface area contributed by atoms with E-state index in [1.54, 1.807) is 6.07 Å². The molecule has 0 N–H and O–H groups in total. The van der Waals surface area contributed by atoms with Crippen LogP contribution in [0.3, 0.4) is 0 Å². The summed E-state index contributed by atoms with van der Waals surface area (Å²) in [5.41, 5.74) is 11.6. The molecule has 4 aliphatic rings. The Morgan fingerprint density at radius 1 is 0.320 bits per heavy atom. The first-order valence-corrected chi connectivity index (χ1v) is 32.5. The Morgan fingerprint density at radius 3 is 1.24 bits per heavy atom. The molecule has 0 unspecified atom stereocenters. The maximum atomic E-state index is 10.0. The molecule has 22 rings (SSSR count). The number of rotatable bonds is 6. The van der Waals surface area contributed by atoms with Gasteiger partial charge in [-0.1, -0.05) is 278 Å². The van der Waals surface area contributed by atoms with E-state index >= 15 is 0 Å². The minimum absolute atomic E-state index is 0.0932. The number of fused-ring (bicyclic) bond motifs is 24. The van der Waals surface area contributed by atoms with Crippen LogP contribution in [0.25, 0.3) is 127 Å². The Hall–Kier alpha value is -12.1. The lowest BCUT2D eigenvalue weighted by Crippen LogP contribution is -2.60. The topological polar surface area (TPSA) is 18.0 Å². The summed E-state index contributed by atoms with van der Waals surface area (Å²) in [7, 11) is 0. The molecule has 97 heavy (non-hydrogen) atoms. The maximum Gasteiger partial charge on any atom is 0.249 e. The van der Waals surface area contributed by atoms with Crippen molar-refractivity contribution in [3.8, 4) is 61.6 Å². The predicted octanol–water partition coefficient (Wildman–Crippen LogP) is 21.4. The van der Waals surface area contributed by atoms with E-state index in [0.29, 0.717) is 60.0 Å². The van der Waals surface area contributed by atoms with Crippen molar-refractivity contribution in [2.75, 3.05) is 4.90 Å². The van der Waals surface area contributed by atoms with Crippen molar-refractivity contribution in [3.63, 3.8) is 0 Å². The van der Waals surface area contributed by atoms with Gasteiger partial charge in [0, 0.05) is 87.2 Å². The fourth-order valence-electron chi connectivity index (χ4n) is 16.6. The molecule has 5 heterocycles. The molecule has 448 valence electrons. The molecule has 4 nitrogen and oxygen atoms in total. The van der Waals surface area contributed by atoms with E-state index < -0.39 is 157 Å². The summed E-state index contributed by atoms with van der Waals surface area (Å²) >= 11 is 1.39. The van der Waals surface area contributed by atoms with Crippen LogP contribution in [0.5, 0.6) is 0 Å². The smallest absolute Gasteiger partial charge is 0.249 e. The Kier molecular flexibility index (Phi) is 7.30. The molecule has 1 spiro atoms. The largest absolute Gasteiger partial charge is 0.310 e.